The van der Waals surface area contributed by atoms with Gasteiger partial charge in [0.25, 0.3) is 16.9 Å². The average molecular weight is 292 g/mol. The fourth-order valence-corrected chi connectivity index (χ4v) is 3.02. The normalized spacial score (nSPS) is 11.0. The third-order valence-electron chi connectivity index (χ3n) is 2.73. The molecule has 0 saturated heterocycles. The topological polar surface area (TPSA) is 132 Å². The van der Waals surface area contributed by atoms with Crippen LogP contribution in [0.1, 0.15) is 0 Å². The van der Waals surface area contributed by atoms with Gasteiger partial charge < -0.3 is 4.98 Å². The molecule has 9 nitrogen and oxygen atoms in total. The summed E-state index contributed by atoms with van der Waals surface area (Å²) in [6.45, 7) is 0. The number of benzene rings is 1. The molecule has 10 heteroatoms. The fraction of sp³-hybridized carbons (Fsp3) is 0. The van der Waals surface area contributed by atoms with Gasteiger partial charge in [0.2, 0.25) is 0 Å². The van der Waals surface area contributed by atoms with Crippen LogP contribution in [0.3, 0.4) is 0 Å². The van der Waals surface area contributed by atoms with Gasteiger partial charge in [-0.25, -0.2) is 4.98 Å². The van der Waals surface area contributed by atoms with E-state index in [2.05, 4.69) is 9.97 Å². The minimum absolute atomic E-state index is 0.194. The van der Waals surface area contributed by atoms with Crippen molar-refractivity contribution in [3.05, 3.63) is 49.0 Å². The first-order chi connectivity index (χ1) is 9.49. The number of rotatable bonds is 2. The summed E-state index contributed by atoms with van der Waals surface area (Å²) in [6, 6.07) is 2.07. The molecule has 0 spiro atoms. The van der Waals surface area contributed by atoms with Crippen LogP contribution >= 0.6 is 11.3 Å². The molecule has 3 rings (SSSR count). The average Bonchev–Trinajstić information content (AvgIpc) is 2.77. The molecule has 2 aromatic heterocycles. The van der Waals surface area contributed by atoms with Crippen molar-refractivity contribution in [3.63, 3.8) is 0 Å². The summed E-state index contributed by atoms with van der Waals surface area (Å²) in [5.41, 5.74) is -1.03. The van der Waals surface area contributed by atoms with Crippen molar-refractivity contribution < 1.29 is 9.85 Å². The highest BCUT2D eigenvalue weighted by atomic mass is 32.1. The second-order valence-electron chi connectivity index (χ2n) is 3.87. The number of nitrogens with one attached hydrogen (secondary N) is 1. The van der Waals surface area contributed by atoms with Gasteiger partial charge in [0, 0.05) is 11.5 Å². The Balaban J connectivity index is 2.57. The van der Waals surface area contributed by atoms with E-state index < -0.39 is 26.8 Å². The van der Waals surface area contributed by atoms with E-state index in [1.807, 2.05) is 0 Å². The van der Waals surface area contributed by atoms with Gasteiger partial charge in [-0.3, -0.25) is 25.0 Å². The molecule has 20 heavy (non-hydrogen) atoms. The van der Waals surface area contributed by atoms with Crippen LogP contribution in [0.5, 0.6) is 0 Å². The summed E-state index contributed by atoms with van der Waals surface area (Å²) < 4.78 is 0.394. The standard InChI is InChI=1S/C10H4N4O5S/c15-10-9-7(11-3-12-10)5-1-4(13(16)17)2-6(14(18)19)8(5)20-9/h1-3H,(H,11,12,15). The molecule has 0 unspecified atom stereocenters. The summed E-state index contributed by atoms with van der Waals surface area (Å²) in [5, 5.41) is 22.1. The lowest BCUT2D eigenvalue weighted by Crippen LogP contribution is -2.03. The van der Waals surface area contributed by atoms with Crippen LogP contribution in [-0.2, 0) is 0 Å². The number of non-ortho nitro benzene ring substituents is 2. The quantitative estimate of drug-likeness (QED) is 0.567. The number of H-pyrrole nitrogens is 1. The lowest BCUT2D eigenvalue weighted by molar-refractivity contribution is -0.392. The van der Waals surface area contributed by atoms with E-state index in [4.69, 9.17) is 0 Å². The van der Waals surface area contributed by atoms with Gasteiger partial charge in [0.15, 0.2) is 0 Å². The van der Waals surface area contributed by atoms with Gasteiger partial charge >= 0.3 is 0 Å². The summed E-state index contributed by atoms with van der Waals surface area (Å²) in [5.74, 6) is 0. The number of thiophene rings is 1. The van der Waals surface area contributed by atoms with E-state index >= 15 is 0 Å². The van der Waals surface area contributed by atoms with Crippen LogP contribution in [0.25, 0.3) is 20.3 Å². The van der Waals surface area contributed by atoms with Crippen molar-refractivity contribution in [2.45, 2.75) is 0 Å². The molecule has 0 fully saturated rings. The predicted octanol–water partition coefficient (Wildman–Crippen LogP) is 1.95. The zero-order valence-corrected chi connectivity index (χ0v) is 10.3. The van der Waals surface area contributed by atoms with Crippen molar-refractivity contribution in [2.75, 3.05) is 0 Å². The molecule has 0 aliphatic rings. The number of nitrogens with zero attached hydrogens (tertiary/aromatic N) is 3. The molecule has 0 aliphatic carbocycles. The van der Waals surface area contributed by atoms with Crippen LogP contribution in [-0.4, -0.2) is 19.8 Å². The molecule has 3 aromatic rings. The highest BCUT2D eigenvalue weighted by Gasteiger charge is 2.23. The maximum atomic E-state index is 11.7. The second kappa shape index (κ2) is 4.06. The third-order valence-corrected chi connectivity index (χ3v) is 3.95. The number of hydrogen-bond acceptors (Lipinski definition) is 7. The first-order valence-electron chi connectivity index (χ1n) is 5.22. The smallest absolute Gasteiger partial charge is 0.294 e. The van der Waals surface area contributed by atoms with E-state index in [0.717, 1.165) is 23.7 Å². The maximum absolute atomic E-state index is 11.7. The van der Waals surface area contributed by atoms with Gasteiger partial charge in [-0.15, -0.1) is 11.3 Å². The lowest BCUT2D eigenvalue weighted by atomic mass is 10.2. The summed E-state index contributed by atoms with van der Waals surface area (Å²) in [4.78, 5) is 38.4. The number of fused-ring (bicyclic) bond motifs is 3. The molecular weight excluding hydrogens is 288 g/mol. The molecular formula is C10H4N4O5S. The molecule has 0 radical (unpaired) electrons. The van der Waals surface area contributed by atoms with Crippen LogP contribution in [0.4, 0.5) is 11.4 Å². The van der Waals surface area contributed by atoms with Gasteiger partial charge in [-0.2, -0.15) is 0 Å². The molecule has 100 valence electrons. The Morgan fingerprint density at radius 1 is 1.15 bits per heavy atom. The first kappa shape index (κ1) is 12.2. The Bertz CT molecular complexity index is 944. The second-order valence-corrected chi connectivity index (χ2v) is 4.89. The van der Waals surface area contributed by atoms with Gasteiger partial charge in [0.1, 0.15) is 9.40 Å². The van der Waals surface area contributed by atoms with Crippen LogP contribution < -0.4 is 5.56 Å². The predicted molar refractivity (Wildman–Crippen MR) is 71.1 cm³/mol. The zero-order chi connectivity index (χ0) is 14.4. The van der Waals surface area contributed by atoms with E-state index in [1.165, 1.54) is 6.07 Å². The molecule has 1 aromatic carbocycles. The SMILES string of the molecule is O=c1[nH]cnc2c1sc1c([N+](=O)[O-])cc([N+](=O)[O-])cc12. The zero-order valence-electron chi connectivity index (χ0n) is 9.52. The summed E-state index contributed by atoms with van der Waals surface area (Å²) in [7, 11) is 0. The van der Waals surface area contributed by atoms with Crippen LogP contribution in [0, 0.1) is 20.2 Å². The number of nitro groups is 2. The summed E-state index contributed by atoms with van der Waals surface area (Å²) in [6.07, 6.45) is 1.15. The molecule has 0 bridgehead atoms. The van der Waals surface area contributed by atoms with E-state index in [0.29, 0.717) is 0 Å². The molecule has 2 heterocycles. The number of hydrogen-bond donors (Lipinski definition) is 1. The monoisotopic (exact) mass is 292 g/mol. The lowest BCUT2D eigenvalue weighted by Gasteiger charge is -1.95. The number of aromatic amines is 1. The van der Waals surface area contributed by atoms with Crippen LogP contribution in [0.2, 0.25) is 0 Å². The van der Waals surface area contributed by atoms with Crippen molar-refractivity contribution in [3.8, 4) is 0 Å². The molecule has 0 amide bonds. The van der Waals surface area contributed by atoms with Gasteiger partial charge in [-0.1, -0.05) is 0 Å². The third kappa shape index (κ3) is 1.62. The summed E-state index contributed by atoms with van der Waals surface area (Å²) >= 11 is 0.893. The van der Waals surface area contributed by atoms with Crippen LogP contribution in [0.15, 0.2) is 23.3 Å². The van der Waals surface area contributed by atoms with Crippen molar-refractivity contribution >= 4 is 43.0 Å². The Morgan fingerprint density at radius 3 is 2.55 bits per heavy atom. The highest BCUT2D eigenvalue weighted by molar-refractivity contribution is 7.26. The largest absolute Gasteiger partial charge is 0.312 e. The van der Waals surface area contributed by atoms with E-state index in [9.17, 15) is 25.0 Å². The number of nitro benzene ring substituents is 2. The Hall–Kier alpha value is -2.88. The van der Waals surface area contributed by atoms with Crippen molar-refractivity contribution in [2.24, 2.45) is 0 Å². The van der Waals surface area contributed by atoms with Crippen molar-refractivity contribution in [1.82, 2.24) is 9.97 Å². The molecule has 0 aliphatic heterocycles. The highest BCUT2D eigenvalue weighted by Crippen LogP contribution is 2.39. The van der Waals surface area contributed by atoms with Crippen molar-refractivity contribution in [1.29, 1.82) is 0 Å². The minimum Gasteiger partial charge on any atom is -0.312 e. The van der Waals surface area contributed by atoms with Gasteiger partial charge in [0.05, 0.1) is 27.8 Å². The van der Waals surface area contributed by atoms with E-state index in [-0.39, 0.29) is 20.3 Å². The minimum atomic E-state index is -0.719. The number of aromatic nitrogens is 2. The van der Waals surface area contributed by atoms with E-state index in [1.54, 1.807) is 0 Å². The fourth-order valence-electron chi connectivity index (χ4n) is 1.90. The first-order valence-corrected chi connectivity index (χ1v) is 6.03. The Kier molecular flexibility index (Phi) is 2.47. The molecule has 1 N–H and O–H groups in total. The Labute approximate surface area is 112 Å². The maximum Gasteiger partial charge on any atom is 0.294 e. The Morgan fingerprint density at radius 2 is 1.90 bits per heavy atom. The molecule has 0 atom stereocenters. The molecule has 0 saturated carbocycles. The van der Waals surface area contributed by atoms with Gasteiger partial charge in [-0.05, 0) is 0 Å².